The lowest BCUT2D eigenvalue weighted by atomic mass is 10.2. The zero-order valence-electron chi connectivity index (χ0n) is 7.11. The molecule has 0 spiro atoms. The number of thiazole rings is 1. The van der Waals surface area contributed by atoms with Crippen molar-refractivity contribution in [2.45, 2.75) is 29.9 Å². The molecular formula is C8H11NOS2. The van der Waals surface area contributed by atoms with Gasteiger partial charge in [0.2, 0.25) is 0 Å². The molecule has 1 aromatic heterocycles. The van der Waals surface area contributed by atoms with Crippen molar-refractivity contribution in [1.82, 2.24) is 4.98 Å². The number of hydrogen-bond donors (Lipinski definition) is 0. The number of carbonyl (C=O) groups excluding carboxylic acids is 1. The van der Waals surface area contributed by atoms with Gasteiger partial charge in [-0.1, -0.05) is 18.7 Å². The molecule has 12 heavy (non-hydrogen) atoms. The van der Waals surface area contributed by atoms with E-state index in [1.54, 1.807) is 36.2 Å². The van der Waals surface area contributed by atoms with Gasteiger partial charge < -0.3 is 0 Å². The highest BCUT2D eigenvalue weighted by atomic mass is 32.2. The number of aromatic nitrogens is 1. The van der Waals surface area contributed by atoms with Gasteiger partial charge in [0.05, 0.1) is 0 Å². The fourth-order valence-electron chi connectivity index (χ4n) is 0.887. The quantitative estimate of drug-likeness (QED) is 0.701. The second-order valence-electron chi connectivity index (χ2n) is 2.63. The summed E-state index contributed by atoms with van der Waals surface area (Å²) in [4.78, 5) is 14.9. The standard InChI is InChI=1S/C8H11NOS2/c1-6(10)5-7(2)12-8-9-3-4-11-8/h3-4,7H,5H2,1-2H3. The second kappa shape index (κ2) is 4.62. The first kappa shape index (κ1) is 9.74. The number of rotatable bonds is 4. The van der Waals surface area contributed by atoms with Crippen LogP contribution in [0.25, 0.3) is 0 Å². The Morgan fingerprint density at radius 3 is 3.08 bits per heavy atom. The lowest BCUT2D eigenvalue weighted by Gasteiger charge is -2.04. The molecule has 66 valence electrons. The molecular weight excluding hydrogens is 190 g/mol. The van der Waals surface area contributed by atoms with E-state index in [4.69, 9.17) is 0 Å². The van der Waals surface area contributed by atoms with Gasteiger partial charge in [-0.25, -0.2) is 4.98 Å². The number of Topliss-reactive ketones (excluding diaryl/α,β-unsaturated/α-hetero) is 1. The van der Waals surface area contributed by atoms with Gasteiger partial charge in [0.25, 0.3) is 0 Å². The van der Waals surface area contributed by atoms with E-state index in [0.717, 1.165) is 4.34 Å². The molecule has 1 rings (SSSR count). The highest BCUT2D eigenvalue weighted by Crippen LogP contribution is 2.26. The minimum atomic E-state index is 0.242. The maximum Gasteiger partial charge on any atom is 0.150 e. The molecule has 0 bridgehead atoms. The van der Waals surface area contributed by atoms with E-state index in [-0.39, 0.29) is 5.78 Å². The molecule has 0 amide bonds. The van der Waals surface area contributed by atoms with Crippen LogP contribution in [0.2, 0.25) is 0 Å². The van der Waals surface area contributed by atoms with Crippen LogP contribution in [0.15, 0.2) is 15.9 Å². The number of carbonyl (C=O) groups is 1. The average molecular weight is 201 g/mol. The number of ketones is 1. The average Bonchev–Trinajstić information content (AvgIpc) is 2.37. The van der Waals surface area contributed by atoms with Crippen molar-refractivity contribution in [3.63, 3.8) is 0 Å². The van der Waals surface area contributed by atoms with Gasteiger partial charge in [-0.2, -0.15) is 0 Å². The molecule has 0 aliphatic heterocycles. The van der Waals surface area contributed by atoms with Crippen LogP contribution < -0.4 is 0 Å². The summed E-state index contributed by atoms with van der Waals surface area (Å²) in [5, 5.41) is 2.29. The molecule has 0 aliphatic rings. The van der Waals surface area contributed by atoms with E-state index in [2.05, 4.69) is 4.98 Å². The smallest absolute Gasteiger partial charge is 0.150 e. The monoisotopic (exact) mass is 201 g/mol. The van der Waals surface area contributed by atoms with Crippen molar-refractivity contribution in [1.29, 1.82) is 0 Å². The van der Waals surface area contributed by atoms with Crippen LogP contribution in [-0.4, -0.2) is 16.0 Å². The summed E-state index contributed by atoms with van der Waals surface area (Å²) < 4.78 is 1.05. The van der Waals surface area contributed by atoms with Gasteiger partial charge in [-0.3, -0.25) is 4.79 Å². The van der Waals surface area contributed by atoms with Gasteiger partial charge in [0, 0.05) is 23.2 Å². The summed E-state index contributed by atoms with van der Waals surface area (Å²) in [5.74, 6) is 0.242. The van der Waals surface area contributed by atoms with Crippen LogP contribution in [0.3, 0.4) is 0 Å². The maximum absolute atomic E-state index is 10.8. The summed E-state index contributed by atoms with van der Waals surface area (Å²) in [6.07, 6.45) is 2.41. The Bertz CT molecular complexity index is 246. The molecule has 0 radical (unpaired) electrons. The zero-order valence-corrected chi connectivity index (χ0v) is 8.74. The van der Waals surface area contributed by atoms with Crippen molar-refractivity contribution in [2.75, 3.05) is 0 Å². The Hall–Kier alpha value is -0.350. The van der Waals surface area contributed by atoms with E-state index >= 15 is 0 Å². The summed E-state index contributed by atoms with van der Waals surface area (Å²) in [6, 6.07) is 0. The lowest BCUT2D eigenvalue weighted by molar-refractivity contribution is -0.116. The first-order valence-electron chi connectivity index (χ1n) is 3.74. The van der Waals surface area contributed by atoms with Crippen LogP contribution in [0, 0.1) is 0 Å². The zero-order chi connectivity index (χ0) is 8.97. The molecule has 0 saturated heterocycles. The third kappa shape index (κ3) is 3.36. The Balaban J connectivity index is 2.36. The Kier molecular flexibility index (Phi) is 3.75. The molecule has 1 aromatic rings. The summed E-state index contributed by atoms with van der Waals surface area (Å²) >= 11 is 3.28. The first-order chi connectivity index (χ1) is 5.68. The highest BCUT2D eigenvalue weighted by molar-refractivity contribution is 8.01. The van der Waals surface area contributed by atoms with E-state index in [1.807, 2.05) is 12.3 Å². The summed E-state index contributed by atoms with van der Waals surface area (Å²) in [6.45, 7) is 3.67. The second-order valence-corrected chi connectivity index (χ2v) is 5.21. The molecule has 0 aliphatic carbocycles. The molecule has 0 fully saturated rings. The van der Waals surface area contributed by atoms with Crippen LogP contribution in [-0.2, 0) is 4.79 Å². The van der Waals surface area contributed by atoms with Crippen molar-refractivity contribution in [3.8, 4) is 0 Å². The van der Waals surface area contributed by atoms with Gasteiger partial charge in [0.15, 0.2) is 0 Å². The van der Waals surface area contributed by atoms with E-state index < -0.39 is 0 Å². The SMILES string of the molecule is CC(=O)CC(C)Sc1nccs1. The number of hydrogen-bond acceptors (Lipinski definition) is 4. The predicted molar refractivity (Wildman–Crippen MR) is 52.7 cm³/mol. The predicted octanol–water partition coefficient (Wildman–Crippen LogP) is 2.60. The highest BCUT2D eigenvalue weighted by Gasteiger charge is 2.08. The van der Waals surface area contributed by atoms with Crippen LogP contribution in [0.1, 0.15) is 20.3 Å². The molecule has 2 nitrogen and oxygen atoms in total. The first-order valence-corrected chi connectivity index (χ1v) is 5.50. The fraction of sp³-hybridized carbons (Fsp3) is 0.500. The summed E-state index contributed by atoms with van der Waals surface area (Å²) in [5.41, 5.74) is 0. The molecule has 1 unspecified atom stereocenters. The van der Waals surface area contributed by atoms with Gasteiger partial charge in [-0.15, -0.1) is 11.3 Å². The topological polar surface area (TPSA) is 30.0 Å². The Morgan fingerprint density at radius 2 is 2.58 bits per heavy atom. The molecule has 4 heteroatoms. The van der Waals surface area contributed by atoms with Crippen molar-refractivity contribution < 1.29 is 4.79 Å². The molecule has 0 aromatic carbocycles. The van der Waals surface area contributed by atoms with Gasteiger partial charge >= 0.3 is 0 Å². The fourth-order valence-corrected chi connectivity index (χ4v) is 2.91. The van der Waals surface area contributed by atoms with Gasteiger partial charge in [-0.05, 0) is 6.92 Å². The lowest BCUT2D eigenvalue weighted by Crippen LogP contribution is -2.02. The van der Waals surface area contributed by atoms with E-state index in [1.165, 1.54) is 0 Å². The maximum atomic E-state index is 10.8. The normalized spacial score (nSPS) is 12.8. The largest absolute Gasteiger partial charge is 0.300 e. The Morgan fingerprint density at radius 1 is 1.83 bits per heavy atom. The minimum Gasteiger partial charge on any atom is -0.300 e. The Labute approximate surface area is 80.4 Å². The van der Waals surface area contributed by atoms with Crippen LogP contribution in [0.5, 0.6) is 0 Å². The molecule has 0 saturated carbocycles. The van der Waals surface area contributed by atoms with Crippen molar-refractivity contribution >= 4 is 28.9 Å². The van der Waals surface area contributed by atoms with Crippen molar-refractivity contribution in [3.05, 3.63) is 11.6 Å². The third-order valence-corrected chi connectivity index (χ3v) is 3.30. The van der Waals surface area contributed by atoms with E-state index in [0.29, 0.717) is 11.7 Å². The van der Waals surface area contributed by atoms with Gasteiger partial charge in [0.1, 0.15) is 10.1 Å². The van der Waals surface area contributed by atoms with Crippen molar-refractivity contribution in [2.24, 2.45) is 0 Å². The molecule has 1 heterocycles. The summed E-state index contributed by atoms with van der Waals surface area (Å²) in [7, 11) is 0. The molecule has 0 N–H and O–H groups in total. The van der Waals surface area contributed by atoms with E-state index in [9.17, 15) is 4.79 Å². The minimum absolute atomic E-state index is 0.242. The number of thioether (sulfide) groups is 1. The third-order valence-electron chi connectivity index (χ3n) is 1.29. The van der Waals surface area contributed by atoms with Crippen LogP contribution >= 0.6 is 23.1 Å². The molecule has 1 atom stereocenters. The van der Waals surface area contributed by atoms with Crippen LogP contribution in [0.4, 0.5) is 0 Å². The number of nitrogens with zero attached hydrogens (tertiary/aromatic N) is 1.